The van der Waals surface area contributed by atoms with Crippen molar-refractivity contribution in [2.24, 2.45) is 0 Å². The zero-order chi connectivity index (χ0) is 25.4. The Balaban J connectivity index is 1.87. The van der Waals surface area contributed by atoms with Gasteiger partial charge in [-0.25, -0.2) is 14.2 Å². The second-order valence-corrected chi connectivity index (χ2v) is 12.1. The number of thiazole rings is 1. The Bertz CT molecular complexity index is 1440. The number of aromatic nitrogens is 3. The topological polar surface area (TPSA) is 68.0 Å². The Morgan fingerprint density at radius 3 is 2.51 bits per heavy atom. The Morgan fingerprint density at radius 1 is 1.17 bits per heavy atom. The molecule has 2 aromatic heterocycles. The fourth-order valence-corrected chi connectivity index (χ4v) is 6.62. The van der Waals surface area contributed by atoms with Crippen molar-refractivity contribution in [2.45, 2.75) is 36.7 Å². The number of rotatable bonds is 7. The van der Waals surface area contributed by atoms with E-state index in [2.05, 4.69) is 10.1 Å². The average molecular weight is 571 g/mol. The average Bonchev–Trinajstić information content (AvgIpc) is 3.32. The Hall–Kier alpha value is -2.10. The van der Waals surface area contributed by atoms with E-state index < -0.39 is 11.8 Å². The Labute approximate surface area is 224 Å². The number of carboxylic acid groups (broad SMARTS) is 1. The lowest BCUT2D eigenvalue weighted by atomic mass is 10.0. The molecule has 0 radical (unpaired) electrons. The summed E-state index contributed by atoms with van der Waals surface area (Å²) in [4.78, 5) is 17.0. The van der Waals surface area contributed by atoms with Crippen molar-refractivity contribution in [3.8, 4) is 16.4 Å². The van der Waals surface area contributed by atoms with Crippen LogP contribution >= 0.6 is 57.9 Å². The first kappa shape index (κ1) is 26.0. The van der Waals surface area contributed by atoms with Crippen LogP contribution in [-0.4, -0.2) is 31.1 Å². The van der Waals surface area contributed by atoms with E-state index in [1.54, 1.807) is 25.1 Å². The smallest absolute Gasteiger partial charge is 0.355 e. The highest BCUT2D eigenvalue weighted by Gasteiger charge is 2.27. The molecule has 0 aliphatic carbocycles. The van der Waals surface area contributed by atoms with Crippen LogP contribution in [0.25, 0.3) is 16.4 Å². The molecule has 5 nitrogen and oxygen atoms in total. The van der Waals surface area contributed by atoms with Crippen LogP contribution in [0, 0.1) is 12.7 Å². The lowest BCUT2D eigenvalue weighted by Crippen LogP contribution is -2.10. The molecule has 4 rings (SSSR count). The number of aryl methyl sites for hydroxylation is 1. The highest BCUT2D eigenvalue weighted by Crippen LogP contribution is 2.41. The fraction of sp³-hybridized carbons (Fsp3) is 0.208. The van der Waals surface area contributed by atoms with Gasteiger partial charge in [0.05, 0.1) is 9.90 Å². The monoisotopic (exact) mass is 569 g/mol. The van der Waals surface area contributed by atoms with Gasteiger partial charge in [-0.1, -0.05) is 66.1 Å². The number of thioether (sulfide) groups is 1. The molecule has 0 amide bonds. The SMILES string of the molecule is Cc1nn(-c2nc(-c3cc(Cl)ccc3F)c(SC(C)C)s2)c(C(=O)O)c1Cc1ccc(Cl)cc1Cl. The van der Waals surface area contributed by atoms with Gasteiger partial charge in [-0.3, -0.25) is 0 Å². The minimum Gasteiger partial charge on any atom is -0.476 e. The molecule has 35 heavy (non-hydrogen) atoms. The Morgan fingerprint density at radius 2 is 1.86 bits per heavy atom. The number of halogens is 4. The molecule has 2 heterocycles. The number of carbonyl (C=O) groups is 1. The van der Waals surface area contributed by atoms with Gasteiger partial charge < -0.3 is 5.11 Å². The number of hydrogen-bond acceptors (Lipinski definition) is 5. The number of aromatic carboxylic acids is 1. The van der Waals surface area contributed by atoms with Crippen molar-refractivity contribution < 1.29 is 14.3 Å². The molecular formula is C24H19Cl3FN3O2S2. The molecule has 0 fully saturated rings. The summed E-state index contributed by atoms with van der Waals surface area (Å²) < 4.78 is 16.8. The van der Waals surface area contributed by atoms with Crippen LogP contribution in [0.2, 0.25) is 15.1 Å². The van der Waals surface area contributed by atoms with E-state index in [0.717, 1.165) is 9.77 Å². The molecule has 0 spiro atoms. The van der Waals surface area contributed by atoms with Crippen LogP contribution in [0.5, 0.6) is 0 Å². The molecule has 0 saturated carbocycles. The van der Waals surface area contributed by atoms with Crippen LogP contribution in [0.3, 0.4) is 0 Å². The first-order valence-corrected chi connectivity index (χ1v) is 13.3. The summed E-state index contributed by atoms with van der Waals surface area (Å²) in [5.41, 5.74) is 2.37. The summed E-state index contributed by atoms with van der Waals surface area (Å²) in [5.74, 6) is -1.63. The first-order chi connectivity index (χ1) is 16.5. The lowest BCUT2D eigenvalue weighted by molar-refractivity contribution is 0.0686. The maximum Gasteiger partial charge on any atom is 0.355 e. The highest BCUT2D eigenvalue weighted by molar-refractivity contribution is 8.01. The third kappa shape index (κ3) is 5.52. The van der Waals surface area contributed by atoms with Gasteiger partial charge in [-0.15, -0.1) is 11.8 Å². The van der Waals surface area contributed by atoms with E-state index >= 15 is 0 Å². The highest BCUT2D eigenvalue weighted by atomic mass is 35.5. The third-order valence-electron chi connectivity index (χ3n) is 5.06. The van der Waals surface area contributed by atoms with E-state index in [0.29, 0.717) is 37.2 Å². The van der Waals surface area contributed by atoms with Gasteiger partial charge in [-0.05, 0) is 42.8 Å². The molecule has 4 aromatic rings. The van der Waals surface area contributed by atoms with Crippen molar-refractivity contribution in [1.29, 1.82) is 0 Å². The minimum atomic E-state index is -1.16. The van der Waals surface area contributed by atoms with Crippen molar-refractivity contribution >= 4 is 63.9 Å². The summed E-state index contributed by atoms with van der Waals surface area (Å²) >= 11 is 21.2. The molecule has 0 atom stereocenters. The van der Waals surface area contributed by atoms with Gasteiger partial charge >= 0.3 is 5.97 Å². The summed E-state index contributed by atoms with van der Waals surface area (Å²) in [6.45, 7) is 5.75. The number of hydrogen-bond donors (Lipinski definition) is 1. The summed E-state index contributed by atoms with van der Waals surface area (Å²) in [7, 11) is 0. The first-order valence-electron chi connectivity index (χ1n) is 10.4. The van der Waals surface area contributed by atoms with Gasteiger partial charge in [0.2, 0.25) is 5.13 Å². The van der Waals surface area contributed by atoms with Gasteiger partial charge in [0.1, 0.15) is 11.5 Å². The zero-order valence-electron chi connectivity index (χ0n) is 18.8. The molecule has 1 N–H and O–H groups in total. The van der Waals surface area contributed by atoms with Gasteiger partial charge in [-0.2, -0.15) is 9.78 Å². The van der Waals surface area contributed by atoms with E-state index in [1.807, 2.05) is 13.8 Å². The van der Waals surface area contributed by atoms with Crippen LogP contribution in [0.15, 0.2) is 40.6 Å². The summed E-state index contributed by atoms with van der Waals surface area (Å²) in [5, 5.41) is 16.4. The van der Waals surface area contributed by atoms with Crippen molar-refractivity contribution in [1.82, 2.24) is 14.8 Å². The normalized spacial score (nSPS) is 11.4. The van der Waals surface area contributed by atoms with Gasteiger partial charge in [0.25, 0.3) is 0 Å². The Kier molecular flexibility index (Phi) is 7.78. The molecule has 0 bridgehead atoms. The molecular weight excluding hydrogens is 552 g/mol. The molecule has 11 heteroatoms. The van der Waals surface area contributed by atoms with E-state index in [9.17, 15) is 14.3 Å². The predicted molar refractivity (Wildman–Crippen MR) is 142 cm³/mol. The summed E-state index contributed by atoms with van der Waals surface area (Å²) in [6, 6.07) is 9.34. The predicted octanol–water partition coefficient (Wildman–Crippen LogP) is 8.19. The van der Waals surface area contributed by atoms with Crippen LogP contribution < -0.4 is 0 Å². The minimum absolute atomic E-state index is 0.0264. The number of nitrogens with zero attached hydrogens (tertiary/aromatic N) is 3. The van der Waals surface area contributed by atoms with Gasteiger partial charge in [0.15, 0.2) is 5.69 Å². The van der Waals surface area contributed by atoms with Gasteiger partial charge in [0, 0.05) is 37.9 Å². The molecule has 0 saturated heterocycles. The molecule has 0 aliphatic rings. The van der Waals surface area contributed by atoms with E-state index in [-0.39, 0.29) is 22.9 Å². The van der Waals surface area contributed by atoms with Crippen LogP contribution in [0.1, 0.15) is 41.2 Å². The van der Waals surface area contributed by atoms with Crippen molar-refractivity contribution in [3.63, 3.8) is 0 Å². The second-order valence-electron chi connectivity index (χ2n) is 7.97. The summed E-state index contributed by atoms with van der Waals surface area (Å²) in [6.07, 6.45) is 0.248. The maximum absolute atomic E-state index is 14.7. The lowest BCUT2D eigenvalue weighted by Gasteiger charge is -2.06. The molecule has 0 aliphatic heterocycles. The zero-order valence-corrected chi connectivity index (χ0v) is 22.7. The third-order valence-corrected chi connectivity index (χ3v) is 8.13. The largest absolute Gasteiger partial charge is 0.476 e. The quantitative estimate of drug-likeness (QED) is 0.227. The van der Waals surface area contributed by atoms with Crippen LogP contribution in [0.4, 0.5) is 4.39 Å². The fourth-order valence-electron chi connectivity index (χ4n) is 3.51. The maximum atomic E-state index is 14.7. The second kappa shape index (κ2) is 10.5. The molecule has 182 valence electrons. The van der Waals surface area contributed by atoms with Crippen molar-refractivity contribution in [3.05, 3.63) is 79.8 Å². The standard InChI is InChI=1S/C24H19Cl3FN3O2S2/c1-11(2)34-23-20(17-9-14(25)6-7-19(17)28)29-24(35-23)31-21(22(32)33)16(12(3)30-31)8-13-4-5-15(26)10-18(13)27/h4-7,9-11H,8H2,1-3H3,(H,32,33). The number of benzene rings is 2. The van der Waals surface area contributed by atoms with Crippen LogP contribution in [-0.2, 0) is 6.42 Å². The van der Waals surface area contributed by atoms with Crippen molar-refractivity contribution in [2.75, 3.05) is 0 Å². The van der Waals surface area contributed by atoms with E-state index in [4.69, 9.17) is 34.8 Å². The molecule has 2 aromatic carbocycles. The number of carboxylic acids is 1. The van der Waals surface area contributed by atoms with E-state index in [1.165, 1.54) is 46.0 Å². The molecule has 0 unspecified atom stereocenters.